The second-order valence-electron chi connectivity index (χ2n) is 8.93. The number of carboxylic acid groups (broad SMARTS) is 1. The van der Waals surface area contributed by atoms with Gasteiger partial charge in [0.05, 0.1) is 14.1 Å². The van der Waals surface area contributed by atoms with E-state index in [0.717, 1.165) is 18.6 Å². The molecule has 0 heterocycles. The Labute approximate surface area is 179 Å². The number of thioether (sulfide) groups is 1. The van der Waals surface area contributed by atoms with Crippen molar-refractivity contribution in [2.75, 3.05) is 32.6 Å². The molecule has 0 saturated heterocycles. The number of carbonyl (C=O) groups is 1. The minimum absolute atomic E-state index is 0.356. The molecule has 0 saturated carbocycles. The van der Waals surface area contributed by atoms with Crippen LogP contribution >= 0.6 is 11.8 Å². The van der Waals surface area contributed by atoms with Crippen molar-refractivity contribution in [2.45, 2.75) is 109 Å². The Morgan fingerprint density at radius 2 is 1.32 bits per heavy atom. The van der Waals surface area contributed by atoms with Gasteiger partial charge in [0.25, 0.3) is 0 Å². The molecule has 2 atom stereocenters. The minimum atomic E-state index is -0.753. The summed E-state index contributed by atoms with van der Waals surface area (Å²) in [5, 5.41) is 19.9. The maximum atomic E-state index is 11.6. The molecule has 0 aliphatic rings. The molecule has 2 N–H and O–H groups in total. The highest BCUT2D eigenvalue weighted by Crippen LogP contribution is 2.18. The van der Waals surface area contributed by atoms with Crippen molar-refractivity contribution < 1.29 is 19.5 Å². The lowest BCUT2D eigenvalue weighted by Crippen LogP contribution is -2.56. The van der Waals surface area contributed by atoms with E-state index in [1.807, 2.05) is 20.4 Å². The predicted octanol–water partition coefficient (Wildman–Crippen LogP) is 5.72. The van der Waals surface area contributed by atoms with E-state index in [9.17, 15) is 15.0 Å². The van der Waals surface area contributed by atoms with Gasteiger partial charge in [0.2, 0.25) is 0 Å². The third-order valence-electron chi connectivity index (χ3n) is 5.80. The van der Waals surface area contributed by atoms with E-state index < -0.39 is 18.1 Å². The van der Waals surface area contributed by atoms with Crippen LogP contribution in [-0.4, -0.2) is 65.5 Å². The maximum Gasteiger partial charge on any atom is 0.362 e. The SMILES string of the molecule is CCCCCCCCCCCCCCC(O)C[N+](C)(C)C(CCSC)C(=O)O. The van der Waals surface area contributed by atoms with Crippen LogP contribution in [0.5, 0.6) is 0 Å². The molecule has 0 radical (unpaired) electrons. The zero-order valence-corrected chi connectivity index (χ0v) is 19.9. The normalized spacial score (nSPS) is 14.2. The lowest BCUT2D eigenvalue weighted by atomic mass is 10.0. The molecule has 0 bridgehead atoms. The number of hydrogen-bond acceptors (Lipinski definition) is 3. The average molecular weight is 419 g/mol. The van der Waals surface area contributed by atoms with Crippen molar-refractivity contribution in [3.05, 3.63) is 0 Å². The standard InChI is InChI=1S/C23H47NO3S/c1-5-6-7-8-9-10-11-12-13-14-15-16-17-21(25)20-24(2,3)22(23(26)27)18-19-28-4/h21-22,25H,5-20H2,1-4H3/p+1. The average Bonchev–Trinajstić information content (AvgIpc) is 2.62. The van der Waals surface area contributed by atoms with Crippen LogP contribution in [0, 0.1) is 0 Å². The highest BCUT2D eigenvalue weighted by molar-refractivity contribution is 7.98. The molecule has 0 amide bonds. The third kappa shape index (κ3) is 14.7. The molecule has 28 heavy (non-hydrogen) atoms. The number of aliphatic hydroxyl groups is 1. The van der Waals surface area contributed by atoms with E-state index >= 15 is 0 Å². The summed E-state index contributed by atoms with van der Waals surface area (Å²) < 4.78 is 0.356. The van der Waals surface area contributed by atoms with Crippen molar-refractivity contribution in [3.63, 3.8) is 0 Å². The fourth-order valence-electron chi connectivity index (χ4n) is 3.98. The van der Waals surface area contributed by atoms with E-state index in [1.165, 1.54) is 70.6 Å². The van der Waals surface area contributed by atoms with Gasteiger partial charge < -0.3 is 14.7 Å². The topological polar surface area (TPSA) is 57.5 Å². The van der Waals surface area contributed by atoms with Gasteiger partial charge in [-0.15, -0.1) is 0 Å². The highest BCUT2D eigenvalue weighted by Gasteiger charge is 2.35. The number of unbranched alkanes of at least 4 members (excludes halogenated alkanes) is 11. The molecule has 168 valence electrons. The van der Waals surface area contributed by atoms with Crippen molar-refractivity contribution in [1.82, 2.24) is 0 Å². The van der Waals surface area contributed by atoms with E-state index in [4.69, 9.17) is 0 Å². The summed E-state index contributed by atoms with van der Waals surface area (Å²) in [5.74, 6) is 0.0876. The predicted molar refractivity (Wildman–Crippen MR) is 123 cm³/mol. The van der Waals surface area contributed by atoms with Gasteiger partial charge in [-0.05, 0) is 18.4 Å². The lowest BCUT2D eigenvalue weighted by molar-refractivity contribution is -0.909. The number of rotatable bonds is 20. The fraction of sp³-hybridized carbons (Fsp3) is 0.957. The molecule has 4 nitrogen and oxygen atoms in total. The molecule has 0 fully saturated rings. The van der Waals surface area contributed by atoms with Crippen molar-refractivity contribution in [3.8, 4) is 0 Å². The number of nitrogens with zero attached hydrogens (tertiary/aromatic N) is 1. The third-order valence-corrected chi connectivity index (χ3v) is 6.44. The van der Waals surface area contributed by atoms with E-state index in [2.05, 4.69) is 6.92 Å². The summed E-state index contributed by atoms with van der Waals surface area (Å²) in [4.78, 5) is 11.6. The van der Waals surface area contributed by atoms with Crippen LogP contribution in [0.15, 0.2) is 0 Å². The zero-order valence-electron chi connectivity index (χ0n) is 19.1. The number of hydrogen-bond donors (Lipinski definition) is 2. The highest BCUT2D eigenvalue weighted by atomic mass is 32.2. The van der Waals surface area contributed by atoms with Crippen LogP contribution in [0.4, 0.5) is 0 Å². The molecular weight excluding hydrogens is 370 g/mol. The van der Waals surface area contributed by atoms with Gasteiger partial charge in [0, 0.05) is 6.42 Å². The summed E-state index contributed by atoms with van der Waals surface area (Å²) in [6.45, 7) is 2.78. The molecule has 2 unspecified atom stereocenters. The van der Waals surface area contributed by atoms with Crippen LogP contribution in [0.25, 0.3) is 0 Å². The van der Waals surface area contributed by atoms with E-state index in [-0.39, 0.29) is 0 Å². The molecule has 0 aromatic rings. The van der Waals surface area contributed by atoms with Crippen molar-refractivity contribution in [1.29, 1.82) is 0 Å². The summed E-state index contributed by atoms with van der Waals surface area (Å²) in [5.41, 5.74) is 0. The summed E-state index contributed by atoms with van der Waals surface area (Å²) in [6, 6.07) is -0.441. The Bertz CT molecular complexity index is 377. The van der Waals surface area contributed by atoms with E-state index in [1.54, 1.807) is 11.8 Å². The van der Waals surface area contributed by atoms with Gasteiger partial charge in [0.1, 0.15) is 12.6 Å². The molecule has 0 aromatic heterocycles. The maximum absolute atomic E-state index is 11.6. The second-order valence-corrected chi connectivity index (χ2v) is 9.91. The molecular formula is C23H48NO3S+. The van der Waals surface area contributed by atoms with Gasteiger partial charge >= 0.3 is 5.97 Å². The number of aliphatic hydroxyl groups excluding tert-OH is 1. The van der Waals surface area contributed by atoms with Gasteiger partial charge in [0.15, 0.2) is 6.04 Å². The van der Waals surface area contributed by atoms with Crippen molar-refractivity contribution >= 4 is 17.7 Å². The first-order valence-corrected chi connectivity index (χ1v) is 13.0. The Kier molecular flexibility index (Phi) is 17.4. The summed E-state index contributed by atoms with van der Waals surface area (Å²) >= 11 is 1.68. The molecule has 0 aliphatic carbocycles. The zero-order chi connectivity index (χ0) is 21.3. The number of likely N-dealkylation sites (N-methyl/N-ethyl adjacent to an activating group) is 1. The van der Waals surface area contributed by atoms with Gasteiger partial charge in [-0.3, -0.25) is 0 Å². The van der Waals surface area contributed by atoms with Crippen LogP contribution in [-0.2, 0) is 4.79 Å². The van der Waals surface area contributed by atoms with Gasteiger partial charge in [-0.25, -0.2) is 4.79 Å². The van der Waals surface area contributed by atoms with E-state index in [0.29, 0.717) is 17.4 Å². The van der Waals surface area contributed by atoms with Gasteiger partial charge in [-0.1, -0.05) is 84.0 Å². The first-order chi connectivity index (χ1) is 13.3. The molecule has 0 aliphatic heterocycles. The molecule has 0 rings (SSSR count). The summed E-state index contributed by atoms with van der Waals surface area (Å²) in [6.07, 6.45) is 18.8. The molecule has 5 heteroatoms. The number of quaternary nitrogens is 1. The Balaban J connectivity index is 3.77. The lowest BCUT2D eigenvalue weighted by Gasteiger charge is -2.37. The number of aliphatic carboxylic acids is 1. The minimum Gasteiger partial charge on any atom is -0.477 e. The van der Waals surface area contributed by atoms with Crippen molar-refractivity contribution in [2.24, 2.45) is 0 Å². The Morgan fingerprint density at radius 3 is 1.75 bits per heavy atom. The first-order valence-electron chi connectivity index (χ1n) is 11.6. The van der Waals surface area contributed by atoms with Crippen LogP contribution < -0.4 is 0 Å². The monoisotopic (exact) mass is 418 g/mol. The fourth-order valence-corrected chi connectivity index (χ4v) is 4.44. The van der Waals surface area contributed by atoms with Gasteiger partial charge in [-0.2, -0.15) is 11.8 Å². The largest absolute Gasteiger partial charge is 0.477 e. The molecule has 0 aromatic carbocycles. The second kappa shape index (κ2) is 17.6. The quantitative estimate of drug-likeness (QED) is 0.196. The first kappa shape index (κ1) is 27.7. The van der Waals surface area contributed by atoms with Crippen LogP contribution in [0.1, 0.15) is 96.8 Å². The Hall–Kier alpha value is -0.260. The van der Waals surface area contributed by atoms with Crippen LogP contribution in [0.2, 0.25) is 0 Å². The molecule has 0 spiro atoms. The smallest absolute Gasteiger partial charge is 0.362 e. The van der Waals surface area contributed by atoms with Crippen LogP contribution in [0.3, 0.4) is 0 Å². The summed E-state index contributed by atoms with van der Waals surface area (Å²) in [7, 11) is 3.87. The number of carboxylic acids is 1. The Morgan fingerprint density at radius 1 is 0.857 bits per heavy atom.